The molecule has 1 aromatic carbocycles. The van der Waals surface area contributed by atoms with Crippen LogP contribution in [0.15, 0.2) is 18.2 Å². The van der Waals surface area contributed by atoms with Crippen LogP contribution in [0.4, 0.5) is 0 Å². The summed E-state index contributed by atoms with van der Waals surface area (Å²) in [5.41, 5.74) is 0.508. The number of rotatable bonds is 5. The number of aliphatic hydroxyl groups is 1. The second kappa shape index (κ2) is 5.72. The van der Waals surface area contributed by atoms with Crippen molar-refractivity contribution in [1.29, 1.82) is 0 Å². The molecule has 1 aromatic rings. The predicted molar refractivity (Wildman–Crippen MR) is 62.4 cm³/mol. The van der Waals surface area contributed by atoms with Crippen LogP contribution in [0.3, 0.4) is 0 Å². The van der Waals surface area contributed by atoms with Crippen molar-refractivity contribution >= 4 is 0 Å². The summed E-state index contributed by atoms with van der Waals surface area (Å²) in [7, 11) is 0. The average molecular weight is 225 g/mol. The maximum Gasteiger partial charge on any atom is 0.119 e. The van der Waals surface area contributed by atoms with Gasteiger partial charge in [0.1, 0.15) is 11.5 Å². The number of aromatic hydroxyl groups is 2. The van der Waals surface area contributed by atoms with Crippen LogP contribution in [0.5, 0.6) is 11.5 Å². The molecule has 4 heteroatoms. The number of phenols is 2. The van der Waals surface area contributed by atoms with Gasteiger partial charge in [-0.05, 0) is 30.2 Å². The van der Waals surface area contributed by atoms with Gasteiger partial charge < -0.3 is 20.6 Å². The molecule has 0 aliphatic carbocycles. The quantitative estimate of drug-likeness (QED) is 0.611. The first-order valence-corrected chi connectivity index (χ1v) is 5.40. The van der Waals surface area contributed by atoms with E-state index in [1.54, 1.807) is 0 Å². The molecule has 1 atom stereocenters. The summed E-state index contributed by atoms with van der Waals surface area (Å²) < 4.78 is 0. The van der Waals surface area contributed by atoms with Crippen molar-refractivity contribution in [2.24, 2.45) is 5.92 Å². The number of nitrogens with one attached hydrogen (secondary N) is 1. The molecule has 16 heavy (non-hydrogen) atoms. The SMILES string of the molecule is CC(C)CNC[C@@H](O)c1cc(O)cc(O)c1. The molecule has 0 spiro atoms. The van der Waals surface area contributed by atoms with Crippen LogP contribution in [0.1, 0.15) is 25.5 Å². The minimum atomic E-state index is -0.725. The smallest absolute Gasteiger partial charge is 0.119 e. The Morgan fingerprint density at radius 1 is 1.06 bits per heavy atom. The first kappa shape index (κ1) is 12.8. The molecule has 0 aliphatic rings. The fourth-order valence-electron chi connectivity index (χ4n) is 1.44. The lowest BCUT2D eigenvalue weighted by Gasteiger charge is -2.14. The Balaban J connectivity index is 2.55. The summed E-state index contributed by atoms with van der Waals surface area (Å²) >= 11 is 0. The maximum atomic E-state index is 9.80. The molecule has 0 fully saturated rings. The number of hydrogen-bond donors (Lipinski definition) is 4. The topological polar surface area (TPSA) is 72.7 Å². The van der Waals surface area contributed by atoms with Gasteiger partial charge in [0.2, 0.25) is 0 Å². The molecule has 0 amide bonds. The zero-order chi connectivity index (χ0) is 12.1. The van der Waals surface area contributed by atoms with Crippen molar-refractivity contribution in [3.63, 3.8) is 0 Å². The fraction of sp³-hybridized carbons (Fsp3) is 0.500. The lowest BCUT2D eigenvalue weighted by atomic mass is 10.1. The predicted octanol–water partition coefficient (Wildman–Crippen LogP) is 1.38. The largest absolute Gasteiger partial charge is 0.508 e. The molecule has 4 N–H and O–H groups in total. The van der Waals surface area contributed by atoms with Crippen LogP contribution in [-0.2, 0) is 0 Å². The molecule has 0 heterocycles. The van der Waals surface area contributed by atoms with Crippen LogP contribution in [0, 0.1) is 5.92 Å². The van der Waals surface area contributed by atoms with Gasteiger partial charge in [-0.3, -0.25) is 0 Å². The third-order valence-electron chi connectivity index (χ3n) is 2.20. The number of benzene rings is 1. The Morgan fingerprint density at radius 2 is 1.62 bits per heavy atom. The van der Waals surface area contributed by atoms with Gasteiger partial charge in [0.25, 0.3) is 0 Å². The highest BCUT2D eigenvalue weighted by Gasteiger charge is 2.09. The van der Waals surface area contributed by atoms with Crippen molar-refractivity contribution in [3.05, 3.63) is 23.8 Å². The second-order valence-corrected chi connectivity index (χ2v) is 4.35. The van der Waals surface area contributed by atoms with Gasteiger partial charge in [-0.25, -0.2) is 0 Å². The zero-order valence-corrected chi connectivity index (χ0v) is 9.64. The van der Waals surface area contributed by atoms with Crippen molar-refractivity contribution in [3.8, 4) is 11.5 Å². The summed E-state index contributed by atoms with van der Waals surface area (Å²) in [5, 5.41) is 31.4. The first-order chi connectivity index (χ1) is 7.49. The van der Waals surface area contributed by atoms with Gasteiger partial charge in [-0.2, -0.15) is 0 Å². The van der Waals surface area contributed by atoms with E-state index in [1.807, 2.05) is 0 Å². The molecule has 0 radical (unpaired) electrons. The first-order valence-electron chi connectivity index (χ1n) is 5.40. The molecule has 0 aliphatic heterocycles. The summed E-state index contributed by atoms with van der Waals surface area (Å²) in [4.78, 5) is 0. The van der Waals surface area contributed by atoms with Crippen molar-refractivity contribution in [2.75, 3.05) is 13.1 Å². The molecule has 0 saturated heterocycles. The molecule has 90 valence electrons. The average Bonchev–Trinajstić information content (AvgIpc) is 2.15. The van der Waals surface area contributed by atoms with Gasteiger partial charge in [0, 0.05) is 12.6 Å². The van der Waals surface area contributed by atoms with Crippen LogP contribution < -0.4 is 5.32 Å². The zero-order valence-electron chi connectivity index (χ0n) is 9.64. The van der Waals surface area contributed by atoms with E-state index in [0.717, 1.165) is 6.54 Å². The maximum absolute atomic E-state index is 9.80. The highest BCUT2D eigenvalue weighted by molar-refractivity contribution is 5.37. The van der Waals surface area contributed by atoms with Gasteiger partial charge in [-0.15, -0.1) is 0 Å². The summed E-state index contributed by atoms with van der Waals surface area (Å²) in [6.45, 7) is 5.39. The third kappa shape index (κ3) is 4.08. The molecule has 0 unspecified atom stereocenters. The lowest BCUT2D eigenvalue weighted by molar-refractivity contribution is 0.172. The van der Waals surface area contributed by atoms with Crippen molar-refractivity contribution in [2.45, 2.75) is 20.0 Å². The fourth-order valence-corrected chi connectivity index (χ4v) is 1.44. The van der Waals surface area contributed by atoms with Crippen LogP contribution >= 0.6 is 0 Å². The van der Waals surface area contributed by atoms with Gasteiger partial charge >= 0.3 is 0 Å². The molecule has 4 nitrogen and oxygen atoms in total. The Hall–Kier alpha value is -1.26. The van der Waals surface area contributed by atoms with Gasteiger partial charge in [0.15, 0.2) is 0 Å². The van der Waals surface area contributed by atoms with Crippen LogP contribution in [-0.4, -0.2) is 28.4 Å². The van der Waals surface area contributed by atoms with E-state index >= 15 is 0 Å². The summed E-state index contributed by atoms with van der Waals surface area (Å²) in [5.74, 6) is 0.431. The van der Waals surface area contributed by atoms with Gasteiger partial charge in [0.05, 0.1) is 6.10 Å². The highest BCUT2D eigenvalue weighted by Crippen LogP contribution is 2.24. The molecule has 0 aromatic heterocycles. The number of hydrogen-bond acceptors (Lipinski definition) is 4. The van der Waals surface area contributed by atoms with Crippen LogP contribution in [0.2, 0.25) is 0 Å². The van der Waals surface area contributed by atoms with E-state index in [4.69, 9.17) is 0 Å². The molecular weight excluding hydrogens is 206 g/mol. The number of aliphatic hydroxyl groups excluding tert-OH is 1. The second-order valence-electron chi connectivity index (χ2n) is 4.35. The monoisotopic (exact) mass is 225 g/mol. The highest BCUT2D eigenvalue weighted by atomic mass is 16.3. The molecule has 0 saturated carbocycles. The Bertz CT molecular complexity index is 319. The van der Waals surface area contributed by atoms with Crippen molar-refractivity contribution in [1.82, 2.24) is 5.32 Å². The van der Waals surface area contributed by atoms with E-state index in [1.165, 1.54) is 18.2 Å². The standard InChI is InChI=1S/C12H19NO3/c1-8(2)6-13-7-12(16)9-3-10(14)5-11(15)4-9/h3-5,8,12-16H,6-7H2,1-2H3/t12-/m1/s1. The van der Waals surface area contributed by atoms with E-state index in [2.05, 4.69) is 19.2 Å². The summed E-state index contributed by atoms with van der Waals surface area (Å²) in [6, 6.07) is 4.13. The Labute approximate surface area is 95.6 Å². The van der Waals surface area contributed by atoms with E-state index in [-0.39, 0.29) is 11.5 Å². The lowest BCUT2D eigenvalue weighted by Crippen LogP contribution is -2.25. The van der Waals surface area contributed by atoms with Crippen LogP contribution in [0.25, 0.3) is 0 Å². The third-order valence-corrected chi connectivity index (χ3v) is 2.20. The van der Waals surface area contributed by atoms with Gasteiger partial charge in [-0.1, -0.05) is 13.8 Å². The summed E-state index contributed by atoms with van der Waals surface area (Å²) in [6.07, 6.45) is -0.725. The minimum Gasteiger partial charge on any atom is -0.508 e. The van der Waals surface area contributed by atoms with E-state index < -0.39 is 6.10 Å². The minimum absolute atomic E-state index is 0.0436. The molecular formula is C12H19NO3. The number of phenolic OH excluding ortho intramolecular Hbond substituents is 2. The molecule has 0 bridgehead atoms. The van der Waals surface area contributed by atoms with E-state index in [9.17, 15) is 15.3 Å². The van der Waals surface area contributed by atoms with E-state index in [0.29, 0.717) is 18.0 Å². The Kier molecular flexibility index (Phi) is 4.58. The van der Waals surface area contributed by atoms with Crippen molar-refractivity contribution < 1.29 is 15.3 Å². The normalized spacial score (nSPS) is 13.0. The molecule has 1 rings (SSSR count). The Morgan fingerprint density at radius 3 is 2.12 bits per heavy atom.